The maximum atomic E-state index is 9.07. The van der Waals surface area contributed by atoms with E-state index in [1.54, 1.807) is 0 Å². The minimum atomic E-state index is 0.0315. The molecule has 0 fully saturated rings. The fourth-order valence-corrected chi connectivity index (χ4v) is 3.23. The number of nitrogen functional groups attached to an aromatic ring is 1. The van der Waals surface area contributed by atoms with Gasteiger partial charge in [-0.25, -0.2) is 9.97 Å². The third-order valence-corrected chi connectivity index (χ3v) is 4.77. The van der Waals surface area contributed by atoms with Crippen LogP contribution in [0.3, 0.4) is 0 Å². The zero-order valence-electron chi connectivity index (χ0n) is 17.1. The summed E-state index contributed by atoms with van der Waals surface area (Å²) in [5.74, 6) is 7.36. The summed E-state index contributed by atoms with van der Waals surface area (Å²) in [6.07, 6.45) is 3.28. The molecule has 0 saturated carbocycles. The largest absolute Gasteiger partial charge is 0.395 e. The first-order valence-corrected chi connectivity index (χ1v) is 10.0. The van der Waals surface area contributed by atoms with Crippen molar-refractivity contribution in [2.24, 2.45) is 0 Å². The number of anilines is 1. The van der Waals surface area contributed by atoms with Crippen molar-refractivity contribution < 1.29 is 9.84 Å². The van der Waals surface area contributed by atoms with Gasteiger partial charge in [-0.05, 0) is 18.9 Å². The van der Waals surface area contributed by atoms with E-state index in [1.807, 2.05) is 41.8 Å². The van der Waals surface area contributed by atoms with E-state index in [1.165, 1.54) is 0 Å². The monoisotopic (exact) mass is 392 g/mol. The predicted octanol–water partition coefficient (Wildman–Crippen LogP) is 3.57. The molecule has 3 rings (SSSR count). The van der Waals surface area contributed by atoms with Crippen molar-refractivity contribution >= 4 is 16.9 Å². The maximum Gasteiger partial charge on any atom is 0.151 e. The fraction of sp³-hybridized carbons (Fsp3) is 0.391. The van der Waals surface area contributed by atoms with E-state index in [9.17, 15) is 0 Å². The van der Waals surface area contributed by atoms with Gasteiger partial charge >= 0.3 is 0 Å². The van der Waals surface area contributed by atoms with Gasteiger partial charge in [0.25, 0.3) is 0 Å². The van der Waals surface area contributed by atoms with Gasteiger partial charge in [0.05, 0.1) is 18.8 Å². The molecule has 0 aliphatic carbocycles. The molecule has 6 heteroatoms. The molecule has 6 nitrogen and oxygen atoms in total. The summed E-state index contributed by atoms with van der Waals surface area (Å²) in [5, 5.41) is 9.07. The highest BCUT2D eigenvalue weighted by Gasteiger charge is 2.19. The number of hydrogen-bond donors (Lipinski definition) is 2. The molecule has 1 aromatic carbocycles. The number of rotatable bonds is 8. The zero-order chi connectivity index (χ0) is 20.6. The first-order chi connectivity index (χ1) is 14.2. The number of nitrogens with zero attached hydrogens (tertiary/aromatic N) is 3. The van der Waals surface area contributed by atoms with Gasteiger partial charge in [-0.3, -0.25) is 0 Å². The van der Waals surface area contributed by atoms with E-state index in [0.29, 0.717) is 25.6 Å². The van der Waals surface area contributed by atoms with E-state index in [2.05, 4.69) is 23.7 Å². The Morgan fingerprint density at radius 1 is 1.21 bits per heavy atom. The molecule has 3 N–H and O–H groups in total. The lowest BCUT2D eigenvalue weighted by Gasteiger charge is -2.11. The van der Waals surface area contributed by atoms with Gasteiger partial charge in [0.15, 0.2) is 5.82 Å². The number of aryl methyl sites for hydroxylation is 1. The minimum absolute atomic E-state index is 0.0315. The van der Waals surface area contributed by atoms with Crippen LogP contribution in [0.4, 0.5) is 5.82 Å². The van der Waals surface area contributed by atoms with Crippen LogP contribution >= 0.6 is 0 Å². The van der Waals surface area contributed by atoms with Crippen molar-refractivity contribution in [3.63, 3.8) is 0 Å². The Hall–Kier alpha value is -2.88. The lowest BCUT2D eigenvalue weighted by atomic mass is 10.2. The second-order valence-electron chi connectivity index (χ2n) is 6.95. The molecule has 152 valence electrons. The van der Waals surface area contributed by atoms with Gasteiger partial charge in [-0.15, -0.1) is 0 Å². The molecule has 2 aromatic heterocycles. The van der Waals surface area contributed by atoms with Crippen molar-refractivity contribution in [2.75, 3.05) is 12.3 Å². The van der Waals surface area contributed by atoms with Gasteiger partial charge < -0.3 is 20.1 Å². The van der Waals surface area contributed by atoms with Gasteiger partial charge in [-0.1, -0.05) is 55.5 Å². The first-order valence-electron chi connectivity index (χ1n) is 10.0. The van der Waals surface area contributed by atoms with Gasteiger partial charge in [0.1, 0.15) is 23.6 Å². The van der Waals surface area contributed by atoms with Crippen LogP contribution in [0.25, 0.3) is 11.0 Å². The molecule has 29 heavy (non-hydrogen) atoms. The third-order valence-electron chi connectivity index (χ3n) is 4.77. The summed E-state index contributed by atoms with van der Waals surface area (Å²) >= 11 is 0. The number of aliphatic hydroxyl groups excluding tert-OH is 1. The maximum absolute atomic E-state index is 9.07. The summed E-state index contributed by atoms with van der Waals surface area (Å²) in [5.41, 5.74) is 10.7. The standard InChI is InChI=1S/C23H28N4O2/c1-3-4-13-20-25-21-19(12-8-9-14-28)17(2)27(22(21)23(24)26-20)16-29-15-18-10-6-5-7-11-18/h5-7,10-11,28H,3-4,9,13-16H2,1-2H3,(H2,24,25,26). The van der Waals surface area contributed by atoms with Crippen LogP contribution < -0.4 is 5.73 Å². The molecule has 2 heterocycles. The molecule has 0 aliphatic rings. The number of aromatic nitrogens is 3. The van der Waals surface area contributed by atoms with Gasteiger partial charge in [0, 0.05) is 18.5 Å². The molecule has 0 atom stereocenters. The highest BCUT2D eigenvalue weighted by Crippen LogP contribution is 2.28. The number of ether oxygens (including phenoxy) is 1. The number of nitrogens with two attached hydrogens (primary N) is 1. The quantitative estimate of drug-likeness (QED) is 0.572. The van der Waals surface area contributed by atoms with Crippen molar-refractivity contribution in [1.29, 1.82) is 0 Å². The smallest absolute Gasteiger partial charge is 0.151 e. The van der Waals surface area contributed by atoms with Crippen LogP contribution in [0.2, 0.25) is 0 Å². The van der Waals surface area contributed by atoms with Crippen molar-refractivity contribution in [3.8, 4) is 11.8 Å². The van der Waals surface area contributed by atoms with Gasteiger partial charge in [-0.2, -0.15) is 0 Å². The lowest BCUT2D eigenvalue weighted by Crippen LogP contribution is -2.08. The number of benzene rings is 1. The molecule has 3 aromatic rings. The van der Waals surface area contributed by atoms with Gasteiger partial charge in [0.2, 0.25) is 0 Å². The van der Waals surface area contributed by atoms with E-state index in [-0.39, 0.29) is 6.61 Å². The highest BCUT2D eigenvalue weighted by molar-refractivity contribution is 5.91. The molecule has 0 spiro atoms. The summed E-state index contributed by atoms with van der Waals surface area (Å²) in [7, 11) is 0. The average Bonchev–Trinajstić information content (AvgIpc) is 2.99. The lowest BCUT2D eigenvalue weighted by molar-refractivity contribution is 0.0657. The molecule has 0 unspecified atom stereocenters. The third kappa shape index (κ3) is 4.94. The van der Waals surface area contributed by atoms with Crippen LogP contribution in [-0.4, -0.2) is 26.2 Å². The van der Waals surface area contributed by atoms with E-state index in [4.69, 9.17) is 20.6 Å². The fourth-order valence-electron chi connectivity index (χ4n) is 3.23. The van der Waals surface area contributed by atoms with Crippen LogP contribution in [0.15, 0.2) is 30.3 Å². The Kier molecular flexibility index (Phi) is 7.23. The van der Waals surface area contributed by atoms with E-state index in [0.717, 1.165) is 52.9 Å². The Labute approximate surface area is 171 Å². The number of unbranched alkanes of at least 4 members (excludes halogenated alkanes) is 1. The number of fused-ring (bicyclic) bond motifs is 1. The van der Waals surface area contributed by atoms with Crippen molar-refractivity contribution in [1.82, 2.24) is 14.5 Å². The molecule has 0 radical (unpaired) electrons. The molecular formula is C23H28N4O2. The van der Waals surface area contributed by atoms with Crippen LogP contribution in [0, 0.1) is 18.8 Å². The first kappa shape index (κ1) is 20.8. The average molecular weight is 393 g/mol. The second kappa shape index (κ2) is 10.1. The van der Waals surface area contributed by atoms with Crippen LogP contribution in [-0.2, 0) is 24.5 Å². The normalized spacial score (nSPS) is 10.9. The van der Waals surface area contributed by atoms with Crippen LogP contribution in [0.5, 0.6) is 0 Å². The Bertz CT molecular complexity index is 1020. The molecular weight excluding hydrogens is 364 g/mol. The molecule has 0 saturated heterocycles. The van der Waals surface area contributed by atoms with Crippen molar-refractivity contribution in [2.45, 2.75) is 52.9 Å². The topological polar surface area (TPSA) is 86.2 Å². The Morgan fingerprint density at radius 2 is 2.00 bits per heavy atom. The predicted molar refractivity (Wildman–Crippen MR) is 115 cm³/mol. The zero-order valence-corrected chi connectivity index (χ0v) is 17.1. The summed E-state index contributed by atoms with van der Waals surface area (Å²) in [6, 6.07) is 10.0. The summed E-state index contributed by atoms with van der Waals surface area (Å²) < 4.78 is 7.93. The molecule has 0 bridgehead atoms. The Morgan fingerprint density at radius 3 is 2.72 bits per heavy atom. The summed E-state index contributed by atoms with van der Waals surface area (Å²) in [4.78, 5) is 9.29. The highest BCUT2D eigenvalue weighted by atomic mass is 16.5. The number of hydrogen-bond acceptors (Lipinski definition) is 5. The van der Waals surface area contributed by atoms with E-state index >= 15 is 0 Å². The summed E-state index contributed by atoms with van der Waals surface area (Å²) in [6.45, 7) is 4.99. The minimum Gasteiger partial charge on any atom is -0.395 e. The molecule has 0 aliphatic heterocycles. The molecule has 0 amide bonds. The van der Waals surface area contributed by atoms with Crippen molar-refractivity contribution in [3.05, 3.63) is 53.0 Å². The SMILES string of the molecule is CCCCc1nc(N)c2c(n1)c(C#CCCO)c(C)n2COCc1ccccc1. The number of aliphatic hydroxyl groups is 1. The van der Waals surface area contributed by atoms with Crippen LogP contribution in [0.1, 0.15) is 48.8 Å². The second-order valence-corrected chi connectivity index (χ2v) is 6.95. The van der Waals surface area contributed by atoms with E-state index < -0.39 is 0 Å². The Balaban J connectivity index is 1.97.